The van der Waals surface area contributed by atoms with Crippen molar-refractivity contribution in [1.82, 2.24) is 0 Å². The van der Waals surface area contributed by atoms with E-state index in [0.29, 0.717) is 13.0 Å². The van der Waals surface area contributed by atoms with Crippen molar-refractivity contribution in [1.29, 1.82) is 0 Å². The summed E-state index contributed by atoms with van der Waals surface area (Å²) in [5, 5.41) is 3.67. The van der Waals surface area contributed by atoms with Crippen molar-refractivity contribution >= 4 is 0 Å². The van der Waals surface area contributed by atoms with Crippen molar-refractivity contribution in [2.45, 2.75) is 38.7 Å². The van der Waals surface area contributed by atoms with E-state index in [1.54, 1.807) is 0 Å². The van der Waals surface area contributed by atoms with Crippen LogP contribution in [-0.2, 0) is 4.74 Å². The lowest BCUT2D eigenvalue weighted by molar-refractivity contribution is -0.00774. The first-order valence-corrected chi connectivity index (χ1v) is 8.26. The number of hydrogen-bond acceptors (Lipinski definition) is 4. The largest absolute Gasteiger partial charge is 0.491 e. The molecule has 1 saturated heterocycles. The quantitative estimate of drug-likeness (QED) is 0.440. The van der Waals surface area contributed by atoms with E-state index in [1.807, 2.05) is 62.4 Å². The zero-order chi connectivity index (χ0) is 17.6. The third kappa shape index (κ3) is 4.66. The first-order chi connectivity index (χ1) is 12.1. The van der Waals surface area contributed by atoms with Gasteiger partial charge in [-0.2, -0.15) is 0 Å². The number of azide groups is 1. The molecule has 0 N–H and O–H groups in total. The lowest BCUT2D eigenvalue weighted by atomic mass is 10.1. The molecule has 0 spiro atoms. The van der Waals surface area contributed by atoms with Crippen molar-refractivity contribution in [2.24, 2.45) is 5.11 Å². The molecule has 1 aliphatic heterocycles. The molecule has 1 fully saturated rings. The van der Waals surface area contributed by atoms with E-state index in [9.17, 15) is 0 Å². The monoisotopic (exact) mass is 339 g/mol. The highest BCUT2D eigenvalue weighted by Gasteiger charge is 2.37. The molecule has 0 aromatic heterocycles. The van der Waals surface area contributed by atoms with Gasteiger partial charge in [-0.15, -0.1) is 0 Å². The fourth-order valence-corrected chi connectivity index (χ4v) is 2.70. The van der Waals surface area contributed by atoms with Crippen molar-refractivity contribution < 1.29 is 14.2 Å². The molecule has 3 atom stereocenters. The van der Waals surface area contributed by atoms with Crippen LogP contribution in [0.5, 0.6) is 11.5 Å². The summed E-state index contributed by atoms with van der Waals surface area (Å²) in [5.74, 6) is 1.54. The lowest BCUT2D eigenvalue weighted by Crippen LogP contribution is -2.32. The van der Waals surface area contributed by atoms with Gasteiger partial charge in [-0.3, -0.25) is 0 Å². The van der Waals surface area contributed by atoms with Crippen LogP contribution in [0.1, 0.15) is 17.5 Å². The van der Waals surface area contributed by atoms with Crippen LogP contribution in [0.25, 0.3) is 10.4 Å². The molecule has 0 radical (unpaired) electrons. The summed E-state index contributed by atoms with van der Waals surface area (Å²) >= 11 is 0. The Kier molecular flexibility index (Phi) is 5.43. The normalized spacial score (nSPS) is 22.2. The van der Waals surface area contributed by atoms with Gasteiger partial charge in [0.05, 0.1) is 0 Å². The fraction of sp³-hybridized carbons (Fsp3) is 0.368. The third-order valence-corrected chi connectivity index (χ3v) is 4.10. The number of aryl methyl sites for hydroxylation is 2. The minimum Gasteiger partial charge on any atom is -0.491 e. The second-order valence-electron chi connectivity index (χ2n) is 6.16. The van der Waals surface area contributed by atoms with Gasteiger partial charge in [0.1, 0.15) is 36.5 Å². The molecule has 2 aromatic rings. The summed E-state index contributed by atoms with van der Waals surface area (Å²) < 4.78 is 17.6. The first kappa shape index (κ1) is 17.1. The summed E-state index contributed by atoms with van der Waals surface area (Å²) in [6, 6.07) is 15.7. The molecule has 2 aromatic carbocycles. The van der Waals surface area contributed by atoms with E-state index in [4.69, 9.17) is 19.7 Å². The fourth-order valence-electron chi connectivity index (χ4n) is 2.70. The van der Waals surface area contributed by atoms with E-state index in [2.05, 4.69) is 10.0 Å². The summed E-state index contributed by atoms with van der Waals surface area (Å²) in [6.07, 6.45) is -0.575. The molecule has 3 rings (SSSR count). The molecule has 6 nitrogen and oxygen atoms in total. The van der Waals surface area contributed by atoms with Crippen LogP contribution >= 0.6 is 0 Å². The molecule has 0 bridgehead atoms. The van der Waals surface area contributed by atoms with E-state index in [0.717, 1.165) is 11.5 Å². The van der Waals surface area contributed by atoms with Gasteiger partial charge >= 0.3 is 0 Å². The molecule has 0 aliphatic carbocycles. The van der Waals surface area contributed by atoms with E-state index in [1.165, 1.54) is 11.1 Å². The average molecular weight is 339 g/mol. The van der Waals surface area contributed by atoms with Crippen LogP contribution in [0.4, 0.5) is 0 Å². The van der Waals surface area contributed by atoms with Gasteiger partial charge in [0, 0.05) is 11.3 Å². The highest BCUT2D eigenvalue weighted by molar-refractivity contribution is 5.27. The molecule has 25 heavy (non-hydrogen) atoms. The molecule has 0 saturated carbocycles. The number of nitrogens with zero attached hydrogens (tertiary/aromatic N) is 3. The third-order valence-electron chi connectivity index (χ3n) is 4.10. The average Bonchev–Trinajstić information content (AvgIpc) is 2.98. The Morgan fingerprint density at radius 1 is 1.04 bits per heavy atom. The molecular weight excluding hydrogens is 318 g/mol. The lowest BCUT2D eigenvalue weighted by Gasteiger charge is -2.20. The summed E-state index contributed by atoms with van der Waals surface area (Å²) in [6.45, 7) is 4.38. The molecule has 0 amide bonds. The molecule has 0 unspecified atom stereocenters. The second-order valence-corrected chi connectivity index (χ2v) is 6.16. The van der Waals surface area contributed by atoms with Crippen LogP contribution in [0.15, 0.2) is 53.6 Å². The molecule has 1 heterocycles. The van der Waals surface area contributed by atoms with Crippen molar-refractivity contribution in [3.8, 4) is 11.5 Å². The van der Waals surface area contributed by atoms with E-state index in [-0.39, 0.29) is 12.2 Å². The maximum Gasteiger partial charge on any atom is 0.140 e. The standard InChI is InChI=1S/C19H21N3O3/c1-13-3-7-15(8-4-13)23-12-18-17(11-19(25-18)21-22-20)24-16-9-5-14(2)6-10-16/h3-10,17-19H,11-12H2,1-2H3/t17-,18+,19+/m0/s1. The van der Waals surface area contributed by atoms with Crippen LogP contribution in [0.3, 0.4) is 0 Å². The van der Waals surface area contributed by atoms with Gasteiger partial charge in [0.2, 0.25) is 0 Å². The number of ether oxygens (including phenoxy) is 3. The molecule has 1 aliphatic rings. The Morgan fingerprint density at radius 2 is 1.64 bits per heavy atom. The SMILES string of the molecule is Cc1ccc(OC[C@H]2O[C@@H](N=[N+]=[N-])C[C@@H]2Oc2ccc(C)cc2)cc1. The minimum absolute atomic E-state index is 0.233. The van der Waals surface area contributed by atoms with Crippen LogP contribution in [0.2, 0.25) is 0 Å². The Balaban J connectivity index is 1.66. The van der Waals surface area contributed by atoms with Gasteiger partial charge in [0.25, 0.3) is 0 Å². The highest BCUT2D eigenvalue weighted by Crippen LogP contribution is 2.27. The zero-order valence-electron chi connectivity index (χ0n) is 14.3. The van der Waals surface area contributed by atoms with Gasteiger partial charge < -0.3 is 14.2 Å². The predicted octanol–water partition coefficient (Wildman–Crippen LogP) is 4.56. The van der Waals surface area contributed by atoms with Gasteiger partial charge in [-0.05, 0) is 43.6 Å². The zero-order valence-corrected chi connectivity index (χ0v) is 14.3. The topological polar surface area (TPSA) is 76.5 Å². The molecular formula is C19H21N3O3. The van der Waals surface area contributed by atoms with Gasteiger partial charge in [0.15, 0.2) is 0 Å². The highest BCUT2D eigenvalue weighted by atomic mass is 16.6. The Bertz CT molecular complexity index is 740. The predicted molar refractivity (Wildman–Crippen MR) is 94.7 cm³/mol. The van der Waals surface area contributed by atoms with Crippen molar-refractivity contribution in [2.75, 3.05) is 6.61 Å². The maximum absolute atomic E-state index is 8.66. The summed E-state index contributed by atoms with van der Waals surface area (Å²) in [4.78, 5) is 2.84. The molecule has 6 heteroatoms. The van der Waals surface area contributed by atoms with Gasteiger partial charge in [-0.25, -0.2) is 0 Å². The van der Waals surface area contributed by atoms with Crippen LogP contribution in [-0.4, -0.2) is 25.0 Å². The molecule has 130 valence electrons. The Morgan fingerprint density at radius 3 is 2.24 bits per heavy atom. The van der Waals surface area contributed by atoms with Crippen molar-refractivity contribution in [3.05, 3.63) is 70.1 Å². The Hall–Kier alpha value is -2.69. The maximum atomic E-state index is 8.66. The van der Waals surface area contributed by atoms with E-state index >= 15 is 0 Å². The van der Waals surface area contributed by atoms with Crippen LogP contribution in [0, 0.1) is 13.8 Å². The van der Waals surface area contributed by atoms with E-state index < -0.39 is 6.23 Å². The Labute approximate surface area is 147 Å². The summed E-state index contributed by atoms with van der Waals surface area (Å²) in [5.41, 5.74) is 11.0. The first-order valence-electron chi connectivity index (χ1n) is 8.26. The van der Waals surface area contributed by atoms with Crippen LogP contribution < -0.4 is 9.47 Å². The second kappa shape index (κ2) is 7.92. The number of rotatable bonds is 6. The number of benzene rings is 2. The minimum atomic E-state index is -0.535. The summed E-state index contributed by atoms with van der Waals surface area (Å²) in [7, 11) is 0. The smallest absolute Gasteiger partial charge is 0.140 e. The van der Waals surface area contributed by atoms with Crippen molar-refractivity contribution in [3.63, 3.8) is 0 Å². The number of hydrogen-bond donors (Lipinski definition) is 0. The van der Waals surface area contributed by atoms with Gasteiger partial charge in [-0.1, -0.05) is 40.5 Å².